The van der Waals surface area contributed by atoms with E-state index in [0.29, 0.717) is 5.82 Å². The van der Waals surface area contributed by atoms with Crippen LogP contribution in [0.5, 0.6) is 0 Å². The molecule has 0 radical (unpaired) electrons. The lowest BCUT2D eigenvalue weighted by Gasteiger charge is -2.08. The van der Waals surface area contributed by atoms with E-state index >= 15 is 0 Å². The van der Waals surface area contributed by atoms with Gasteiger partial charge in [0, 0.05) is 23.6 Å². The standard InChI is InChI=1S/C17H15N3/c18-17-12-16(10-11-19-17)20-15-8-6-14(7-9-15)13-4-2-1-3-5-13/h1-12H,(H3,18,19,20). The Morgan fingerprint density at radius 1 is 0.750 bits per heavy atom. The number of benzene rings is 2. The van der Waals surface area contributed by atoms with Crippen molar-refractivity contribution in [1.29, 1.82) is 0 Å². The zero-order valence-electron chi connectivity index (χ0n) is 11.0. The van der Waals surface area contributed by atoms with Gasteiger partial charge in [0.15, 0.2) is 0 Å². The molecule has 0 fully saturated rings. The van der Waals surface area contributed by atoms with Gasteiger partial charge in [-0.1, -0.05) is 42.5 Å². The minimum atomic E-state index is 0.510. The Bertz CT molecular complexity index is 691. The van der Waals surface area contributed by atoms with Crippen molar-refractivity contribution in [1.82, 2.24) is 4.98 Å². The van der Waals surface area contributed by atoms with Crippen molar-refractivity contribution in [3.63, 3.8) is 0 Å². The van der Waals surface area contributed by atoms with Crippen molar-refractivity contribution in [3.8, 4) is 11.1 Å². The number of aromatic nitrogens is 1. The average molecular weight is 261 g/mol. The number of hydrogen-bond donors (Lipinski definition) is 2. The fourth-order valence-corrected chi connectivity index (χ4v) is 2.07. The molecule has 0 aliphatic heterocycles. The van der Waals surface area contributed by atoms with E-state index < -0.39 is 0 Å². The molecule has 20 heavy (non-hydrogen) atoms. The van der Waals surface area contributed by atoms with Gasteiger partial charge >= 0.3 is 0 Å². The third-order valence-corrected chi connectivity index (χ3v) is 3.06. The van der Waals surface area contributed by atoms with Gasteiger partial charge in [0.05, 0.1) is 0 Å². The first-order valence-electron chi connectivity index (χ1n) is 6.45. The van der Waals surface area contributed by atoms with Crippen LogP contribution in [0.3, 0.4) is 0 Å². The summed E-state index contributed by atoms with van der Waals surface area (Å²) in [6.45, 7) is 0. The Kier molecular flexibility index (Phi) is 3.33. The number of nitrogens with two attached hydrogens (primary N) is 1. The third kappa shape index (κ3) is 2.78. The van der Waals surface area contributed by atoms with Gasteiger partial charge in [-0.05, 0) is 29.3 Å². The summed E-state index contributed by atoms with van der Waals surface area (Å²) in [7, 11) is 0. The van der Waals surface area contributed by atoms with Crippen molar-refractivity contribution in [3.05, 3.63) is 72.9 Å². The predicted molar refractivity (Wildman–Crippen MR) is 83.8 cm³/mol. The van der Waals surface area contributed by atoms with Gasteiger partial charge in [0.25, 0.3) is 0 Å². The number of rotatable bonds is 3. The topological polar surface area (TPSA) is 50.9 Å². The van der Waals surface area contributed by atoms with Crippen LogP contribution in [-0.2, 0) is 0 Å². The molecule has 0 aliphatic carbocycles. The second kappa shape index (κ2) is 5.45. The van der Waals surface area contributed by atoms with Crippen LogP contribution < -0.4 is 11.1 Å². The molecule has 0 unspecified atom stereocenters. The van der Waals surface area contributed by atoms with Crippen LogP contribution in [0.1, 0.15) is 0 Å². The van der Waals surface area contributed by atoms with E-state index in [4.69, 9.17) is 5.73 Å². The minimum absolute atomic E-state index is 0.510. The summed E-state index contributed by atoms with van der Waals surface area (Å²) < 4.78 is 0. The first kappa shape index (κ1) is 12.2. The Balaban J connectivity index is 1.80. The molecule has 98 valence electrons. The Morgan fingerprint density at radius 3 is 2.15 bits per heavy atom. The average Bonchev–Trinajstić information content (AvgIpc) is 2.49. The summed E-state index contributed by atoms with van der Waals surface area (Å²) in [4.78, 5) is 3.97. The third-order valence-electron chi connectivity index (χ3n) is 3.06. The number of nitrogens with one attached hydrogen (secondary N) is 1. The van der Waals surface area contributed by atoms with Gasteiger partial charge in [0.1, 0.15) is 5.82 Å². The molecule has 0 amide bonds. The molecular formula is C17H15N3. The van der Waals surface area contributed by atoms with Crippen LogP contribution in [0.15, 0.2) is 72.9 Å². The number of anilines is 3. The van der Waals surface area contributed by atoms with E-state index in [2.05, 4.69) is 46.7 Å². The zero-order chi connectivity index (χ0) is 13.8. The van der Waals surface area contributed by atoms with E-state index in [1.54, 1.807) is 6.20 Å². The second-order valence-corrected chi connectivity index (χ2v) is 4.54. The number of nitrogens with zero attached hydrogens (tertiary/aromatic N) is 1. The molecule has 0 bridgehead atoms. The van der Waals surface area contributed by atoms with Crippen molar-refractivity contribution in [2.45, 2.75) is 0 Å². The normalized spacial score (nSPS) is 10.2. The Labute approximate surface area is 118 Å². The molecule has 1 heterocycles. The molecule has 0 saturated carbocycles. The van der Waals surface area contributed by atoms with Gasteiger partial charge in [0.2, 0.25) is 0 Å². The maximum Gasteiger partial charge on any atom is 0.125 e. The summed E-state index contributed by atoms with van der Waals surface area (Å²) in [5.41, 5.74) is 10.0. The first-order chi connectivity index (χ1) is 9.81. The monoisotopic (exact) mass is 261 g/mol. The Morgan fingerprint density at radius 2 is 1.45 bits per heavy atom. The summed E-state index contributed by atoms with van der Waals surface area (Å²) in [5.74, 6) is 0.510. The van der Waals surface area contributed by atoms with Crippen molar-refractivity contribution in [2.75, 3.05) is 11.1 Å². The predicted octanol–water partition coefficient (Wildman–Crippen LogP) is 4.07. The van der Waals surface area contributed by atoms with Gasteiger partial charge in [-0.2, -0.15) is 0 Å². The van der Waals surface area contributed by atoms with Gasteiger partial charge in [-0.15, -0.1) is 0 Å². The van der Waals surface area contributed by atoms with Crippen LogP contribution in [0, 0.1) is 0 Å². The highest BCUT2D eigenvalue weighted by Crippen LogP contribution is 2.23. The maximum absolute atomic E-state index is 5.66. The molecule has 3 heteroatoms. The van der Waals surface area contributed by atoms with Crippen LogP contribution in [-0.4, -0.2) is 4.98 Å². The molecular weight excluding hydrogens is 246 g/mol. The smallest absolute Gasteiger partial charge is 0.125 e. The highest BCUT2D eigenvalue weighted by Gasteiger charge is 1.98. The molecule has 3 rings (SSSR count). The SMILES string of the molecule is Nc1cc(Nc2ccc(-c3ccccc3)cc2)ccn1. The summed E-state index contributed by atoms with van der Waals surface area (Å²) in [6, 6.07) is 22.3. The highest BCUT2D eigenvalue weighted by atomic mass is 14.9. The second-order valence-electron chi connectivity index (χ2n) is 4.54. The fourth-order valence-electron chi connectivity index (χ4n) is 2.07. The lowest BCUT2D eigenvalue weighted by atomic mass is 10.1. The molecule has 3 nitrogen and oxygen atoms in total. The summed E-state index contributed by atoms with van der Waals surface area (Å²) in [5, 5.41) is 3.30. The first-order valence-corrected chi connectivity index (χ1v) is 6.45. The minimum Gasteiger partial charge on any atom is -0.384 e. The van der Waals surface area contributed by atoms with E-state index in [0.717, 1.165) is 11.4 Å². The lowest BCUT2D eigenvalue weighted by Crippen LogP contribution is -1.94. The quantitative estimate of drug-likeness (QED) is 0.747. The summed E-state index contributed by atoms with van der Waals surface area (Å²) >= 11 is 0. The highest BCUT2D eigenvalue weighted by molar-refractivity contribution is 5.68. The van der Waals surface area contributed by atoms with Crippen LogP contribution >= 0.6 is 0 Å². The molecule has 0 atom stereocenters. The number of nitrogen functional groups attached to an aromatic ring is 1. The van der Waals surface area contributed by atoms with E-state index in [-0.39, 0.29) is 0 Å². The largest absolute Gasteiger partial charge is 0.384 e. The van der Waals surface area contributed by atoms with Gasteiger partial charge in [-0.3, -0.25) is 0 Å². The molecule has 1 aromatic heterocycles. The Hall–Kier alpha value is -2.81. The summed E-state index contributed by atoms with van der Waals surface area (Å²) in [6.07, 6.45) is 1.69. The van der Waals surface area contributed by atoms with Gasteiger partial charge in [-0.25, -0.2) is 4.98 Å². The molecule has 0 spiro atoms. The van der Waals surface area contributed by atoms with Crippen LogP contribution in [0.2, 0.25) is 0 Å². The van der Waals surface area contributed by atoms with Crippen molar-refractivity contribution < 1.29 is 0 Å². The fraction of sp³-hybridized carbons (Fsp3) is 0. The molecule has 3 aromatic rings. The van der Waals surface area contributed by atoms with Gasteiger partial charge < -0.3 is 11.1 Å². The maximum atomic E-state index is 5.66. The number of hydrogen-bond acceptors (Lipinski definition) is 3. The van der Waals surface area contributed by atoms with Crippen molar-refractivity contribution >= 4 is 17.2 Å². The number of pyridine rings is 1. The van der Waals surface area contributed by atoms with E-state index in [1.807, 2.05) is 30.3 Å². The lowest BCUT2D eigenvalue weighted by molar-refractivity contribution is 1.33. The van der Waals surface area contributed by atoms with Crippen LogP contribution in [0.25, 0.3) is 11.1 Å². The molecule has 0 aliphatic rings. The van der Waals surface area contributed by atoms with Crippen LogP contribution in [0.4, 0.5) is 17.2 Å². The van der Waals surface area contributed by atoms with E-state index in [9.17, 15) is 0 Å². The molecule has 3 N–H and O–H groups in total. The van der Waals surface area contributed by atoms with E-state index in [1.165, 1.54) is 11.1 Å². The molecule has 2 aromatic carbocycles. The van der Waals surface area contributed by atoms with Crippen molar-refractivity contribution in [2.24, 2.45) is 0 Å². The zero-order valence-corrected chi connectivity index (χ0v) is 11.0. The molecule has 0 saturated heterocycles.